The molecule has 0 amide bonds. The van der Waals surface area contributed by atoms with E-state index in [1.54, 1.807) is 18.2 Å². The average Bonchev–Trinajstić information content (AvgIpc) is 3.03. The second kappa shape index (κ2) is 9.08. The molecule has 0 aliphatic rings. The van der Waals surface area contributed by atoms with E-state index < -0.39 is 5.97 Å². The van der Waals surface area contributed by atoms with E-state index in [4.69, 9.17) is 32.7 Å². The number of rotatable bonds is 8. The van der Waals surface area contributed by atoms with Crippen LogP contribution in [0.1, 0.15) is 28.3 Å². The molecule has 1 N–H and O–H groups in total. The molecule has 0 radical (unpaired) electrons. The van der Waals surface area contributed by atoms with Gasteiger partial charge in [0.25, 0.3) is 0 Å². The lowest BCUT2D eigenvalue weighted by Gasteiger charge is -2.21. The van der Waals surface area contributed by atoms with Gasteiger partial charge >= 0.3 is 5.97 Å². The van der Waals surface area contributed by atoms with Crippen molar-refractivity contribution in [3.05, 3.63) is 57.5 Å². The fourth-order valence-corrected chi connectivity index (χ4v) is 2.62. The molecule has 0 atom stereocenters. The number of esters is 1. The number of hydrogen-bond donors (Lipinski definition) is 1. The largest absolute Gasteiger partial charge is 0.463 e. The number of hydrogen-bond acceptors (Lipinski definition) is 5. The number of methoxy groups -OCH3 is 1. The van der Waals surface area contributed by atoms with Crippen molar-refractivity contribution in [3.63, 3.8) is 0 Å². The molecule has 0 aliphatic heterocycles. The molecule has 5 nitrogen and oxygen atoms in total. The molecule has 0 saturated heterocycles. The van der Waals surface area contributed by atoms with Crippen LogP contribution in [0.4, 0.5) is 0 Å². The van der Waals surface area contributed by atoms with Crippen molar-refractivity contribution in [2.45, 2.75) is 19.5 Å². The van der Waals surface area contributed by atoms with Crippen molar-refractivity contribution in [2.75, 3.05) is 20.3 Å². The molecular weight excluding hydrogens is 353 g/mol. The van der Waals surface area contributed by atoms with E-state index in [9.17, 15) is 4.79 Å². The maximum absolute atomic E-state index is 11.5. The summed E-state index contributed by atoms with van der Waals surface area (Å²) in [7, 11) is 1.31. The Morgan fingerprint density at radius 2 is 2.00 bits per heavy atom. The van der Waals surface area contributed by atoms with E-state index >= 15 is 0 Å². The smallest absolute Gasteiger partial charge is 0.373 e. The standard InChI is InChI=1S/C17H19Cl2NO4/c1-23-17(22)16-6-4-13(24-16)11-20(7-2-8-21)10-12-3-5-14(18)15(19)9-12/h3-6,9,21H,2,7-8,10-11H2,1H3. The number of nitrogens with zero attached hydrogens (tertiary/aromatic N) is 1. The summed E-state index contributed by atoms with van der Waals surface area (Å²) in [5.41, 5.74) is 1.00. The molecule has 0 unspecified atom stereocenters. The molecule has 2 rings (SSSR count). The number of furan rings is 1. The molecule has 0 saturated carbocycles. The van der Waals surface area contributed by atoms with E-state index in [-0.39, 0.29) is 12.4 Å². The van der Waals surface area contributed by atoms with Crippen molar-refractivity contribution in [1.82, 2.24) is 4.90 Å². The van der Waals surface area contributed by atoms with Gasteiger partial charge in [-0.2, -0.15) is 0 Å². The molecule has 1 aromatic carbocycles. The predicted octanol–water partition coefficient (Wildman–Crippen LogP) is 3.76. The highest BCUT2D eigenvalue weighted by atomic mass is 35.5. The van der Waals surface area contributed by atoms with Crippen LogP contribution in [0, 0.1) is 0 Å². The maximum Gasteiger partial charge on any atom is 0.373 e. The molecule has 1 aromatic heterocycles. The van der Waals surface area contributed by atoms with Crippen LogP contribution >= 0.6 is 23.2 Å². The fourth-order valence-electron chi connectivity index (χ4n) is 2.30. The second-order valence-corrected chi connectivity index (χ2v) is 6.11. The molecule has 0 fully saturated rings. The Morgan fingerprint density at radius 1 is 1.21 bits per heavy atom. The number of benzene rings is 1. The molecule has 7 heteroatoms. The maximum atomic E-state index is 11.5. The lowest BCUT2D eigenvalue weighted by molar-refractivity contribution is 0.0561. The van der Waals surface area contributed by atoms with Gasteiger partial charge in [0.05, 0.1) is 23.7 Å². The quantitative estimate of drug-likeness (QED) is 0.715. The molecule has 0 bridgehead atoms. The Morgan fingerprint density at radius 3 is 2.67 bits per heavy atom. The zero-order valence-corrected chi connectivity index (χ0v) is 14.8. The van der Waals surface area contributed by atoms with Crippen LogP contribution in [0.3, 0.4) is 0 Å². The minimum Gasteiger partial charge on any atom is -0.463 e. The number of halogens is 2. The van der Waals surface area contributed by atoms with Crippen LogP contribution < -0.4 is 0 Å². The van der Waals surface area contributed by atoms with Gasteiger partial charge in [0.1, 0.15) is 5.76 Å². The Kier molecular flexibility index (Phi) is 7.12. The summed E-state index contributed by atoms with van der Waals surface area (Å²) in [5, 5.41) is 10.1. The van der Waals surface area contributed by atoms with Gasteiger partial charge in [0.15, 0.2) is 0 Å². The SMILES string of the molecule is COC(=O)c1ccc(CN(CCCO)Cc2ccc(Cl)c(Cl)c2)o1. The van der Waals surface area contributed by atoms with Crippen molar-refractivity contribution >= 4 is 29.2 Å². The lowest BCUT2D eigenvalue weighted by atomic mass is 10.2. The average molecular weight is 372 g/mol. The van der Waals surface area contributed by atoms with Gasteiger partial charge < -0.3 is 14.3 Å². The highest BCUT2D eigenvalue weighted by Gasteiger charge is 2.14. The summed E-state index contributed by atoms with van der Waals surface area (Å²) in [6.07, 6.45) is 0.631. The molecule has 130 valence electrons. The Bertz CT molecular complexity index is 687. The summed E-state index contributed by atoms with van der Waals surface area (Å²) in [4.78, 5) is 13.5. The van der Waals surface area contributed by atoms with E-state index in [0.29, 0.717) is 41.9 Å². The molecule has 0 aliphatic carbocycles. The first kappa shape index (κ1) is 18.8. The third-order valence-electron chi connectivity index (χ3n) is 3.45. The number of carbonyl (C=O) groups excluding carboxylic acids is 1. The van der Waals surface area contributed by atoms with Gasteiger partial charge in [-0.05, 0) is 36.2 Å². The van der Waals surface area contributed by atoms with E-state index in [0.717, 1.165) is 5.56 Å². The monoisotopic (exact) mass is 371 g/mol. The first-order valence-corrected chi connectivity index (χ1v) is 8.23. The molecule has 0 spiro atoms. The van der Waals surface area contributed by atoms with E-state index in [1.807, 2.05) is 12.1 Å². The van der Waals surface area contributed by atoms with Crippen LogP contribution in [-0.2, 0) is 17.8 Å². The van der Waals surface area contributed by atoms with Gasteiger partial charge in [-0.1, -0.05) is 29.3 Å². The molecule has 1 heterocycles. The van der Waals surface area contributed by atoms with E-state index in [1.165, 1.54) is 7.11 Å². The summed E-state index contributed by atoms with van der Waals surface area (Å²) in [5.74, 6) is 0.310. The highest BCUT2D eigenvalue weighted by molar-refractivity contribution is 6.42. The number of aliphatic hydroxyl groups excluding tert-OH is 1. The summed E-state index contributed by atoms with van der Waals surface area (Å²) in [6.45, 7) is 1.89. The molecule has 24 heavy (non-hydrogen) atoms. The topological polar surface area (TPSA) is 62.9 Å². The van der Waals surface area contributed by atoms with Crippen molar-refractivity contribution < 1.29 is 19.1 Å². The first-order chi connectivity index (χ1) is 11.5. The van der Waals surface area contributed by atoms with E-state index in [2.05, 4.69) is 9.64 Å². The van der Waals surface area contributed by atoms with Crippen LogP contribution in [0.15, 0.2) is 34.7 Å². The van der Waals surface area contributed by atoms with Gasteiger partial charge in [-0.25, -0.2) is 4.79 Å². The minimum absolute atomic E-state index is 0.101. The van der Waals surface area contributed by atoms with Crippen LogP contribution in [0.2, 0.25) is 10.0 Å². The van der Waals surface area contributed by atoms with Crippen LogP contribution in [0.5, 0.6) is 0 Å². The Hall–Kier alpha value is -1.53. The van der Waals surface area contributed by atoms with Crippen LogP contribution in [0.25, 0.3) is 0 Å². The Balaban J connectivity index is 2.08. The van der Waals surface area contributed by atoms with Crippen molar-refractivity contribution in [1.29, 1.82) is 0 Å². The van der Waals surface area contributed by atoms with Crippen molar-refractivity contribution in [2.24, 2.45) is 0 Å². The third-order valence-corrected chi connectivity index (χ3v) is 4.19. The van der Waals surface area contributed by atoms with Crippen molar-refractivity contribution in [3.8, 4) is 0 Å². The van der Waals surface area contributed by atoms with Gasteiger partial charge in [0.2, 0.25) is 5.76 Å². The zero-order chi connectivity index (χ0) is 17.5. The molecular formula is C17H19Cl2NO4. The second-order valence-electron chi connectivity index (χ2n) is 5.29. The summed E-state index contributed by atoms with van der Waals surface area (Å²) < 4.78 is 10.1. The third kappa shape index (κ3) is 5.24. The summed E-state index contributed by atoms with van der Waals surface area (Å²) in [6, 6.07) is 8.81. The van der Waals surface area contributed by atoms with Crippen LogP contribution in [-0.4, -0.2) is 36.2 Å². The lowest BCUT2D eigenvalue weighted by Crippen LogP contribution is -2.24. The zero-order valence-electron chi connectivity index (χ0n) is 13.3. The number of carbonyl (C=O) groups is 1. The van der Waals surface area contributed by atoms with Gasteiger partial charge in [-0.15, -0.1) is 0 Å². The minimum atomic E-state index is -0.507. The fraction of sp³-hybridized carbons (Fsp3) is 0.353. The first-order valence-electron chi connectivity index (χ1n) is 7.47. The normalized spacial score (nSPS) is 11.0. The van der Waals surface area contributed by atoms with Gasteiger partial charge in [0, 0.05) is 19.7 Å². The number of ether oxygens (including phenoxy) is 1. The summed E-state index contributed by atoms with van der Waals surface area (Å²) >= 11 is 12.0. The predicted molar refractivity (Wildman–Crippen MR) is 92.3 cm³/mol. The van der Waals surface area contributed by atoms with Gasteiger partial charge in [-0.3, -0.25) is 4.90 Å². The molecule has 2 aromatic rings. The Labute approximate surface area is 150 Å². The number of aliphatic hydroxyl groups is 1. The highest BCUT2D eigenvalue weighted by Crippen LogP contribution is 2.24.